The smallest absolute Gasteiger partial charge is 0.224 e. The molecule has 3 rings (SSSR count). The molecule has 0 fully saturated rings. The molecule has 0 aromatic heterocycles. The number of benzene rings is 2. The van der Waals surface area contributed by atoms with Gasteiger partial charge in [-0.2, -0.15) is 0 Å². The molecule has 0 unspecified atom stereocenters. The average Bonchev–Trinajstić information content (AvgIpc) is 2.67. The zero-order chi connectivity index (χ0) is 18.5. The number of ether oxygens (including phenoxy) is 4. The molecule has 0 saturated heterocycles. The Balaban J connectivity index is 1.64. The summed E-state index contributed by atoms with van der Waals surface area (Å²) in [5, 5.41) is 3.01. The third-order valence-corrected chi connectivity index (χ3v) is 4.26. The minimum atomic E-state index is -0.153. The van der Waals surface area contributed by atoms with Gasteiger partial charge in [-0.1, -0.05) is 12.1 Å². The van der Waals surface area contributed by atoms with Crippen molar-refractivity contribution in [1.82, 2.24) is 5.32 Å². The van der Waals surface area contributed by atoms with E-state index in [9.17, 15) is 4.79 Å². The predicted molar refractivity (Wildman–Crippen MR) is 97.2 cm³/mol. The normalized spacial score (nSPS) is 13.7. The van der Waals surface area contributed by atoms with Crippen molar-refractivity contribution in [3.05, 3.63) is 47.5 Å². The lowest BCUT2D eigenvalue weighted by Crippen LogP contribution is -2.28. The second-order valence-corrected chi connectivity index (χ2v) is 6.06. The van der Waals surface area contributed by atoms with E-state index in [0.717, 1.165) is 16.9 Å². The standard InChI is InChI=1S/C20H23NO5/c1-13(15-5-7-16(23-2)18(12-15)24-3)21-20(22)11-14-4-6-17-19(10-14)26-9-8-25-17/h4-7,10,12-13H,8-9,11H2,1-3H3,(H,21,22)/t13-/m0/s1. The summed E-state index contributed by atoms with van der Waals surface area (Å²) in [5.41, 5.74) is 1.82. The quantitative estimate of drug-likeness (QED) is 0.861. The first-order valence-corrected chi connectivity index (χ1v) is 8.50. The number of carbonyl (C=O) groups excluding carboxylic acids is 1. The molecule has 138 valence electrons. The summed E-state index contributed by atoms with van der Waals surface area (Å²) in [6.07, 6.45) is 0.272. The van der Waals surface area contributed by atoms with Crippen molar-refractivity contribution in [3.63, 3.8) is 0 Å². The molecule has 1 heterocycles. The average molecular weight is 357 g/mol. The molecule has 26 heavy (non-hydrogen) atoms. The second kappa shape index (κ2) is 7.99. The Morgan fingerprint density at radius 1 is 1.04 bits per heavy atom. The molecular weight excluding hydrogens is 334 g/mol. The van der Waals surface area contributed by atoms with Crippen LogP contribution in [-0.2, 0) is 11.2 Å². The van der Waals surface area contributed by atoms with Gasteiger partial charge >= 0.3 is 0 Å². The minimum absolute atomic E-state index is 0.0658. The van der Waals surface area contributed by atoms with Crippen LogP contribution in [0.4, 0.5) is 0 Å². The van der Waals surface area contributed by atoms with Gasteiger partial charge in [0, 0.05) is 0 Å². The van der Waals surface area contributed by atoms with E-state index in [2.05, 4.69) is 5.32 Å². The van der Waals surface area contributed by atoms with Crippen LogP contribution in [0.3, 0.4) is 0 Å². The molecule has 1 amide bonds. The van der Waals surface area contributed by atoms with E-state index >= 15 is 0 Å². The minimum Gasteiger partial charge on any atom is -0.493 e. The number of rotatable bonds is 6. The molecular formula is C20H23NO5. The highest BCUT2D eigenvalue weighted by Gasteiger charge is 2.15. The highest BCUT2D eigenvalue weighted by atomic mass is 16.6. The molecule has 0 saturated carbocycles. The Bertz CT molecular complexity index is 790. The third-order valence-electron chi connectivity index (χ3n) is 4.26. The molecule has 1 N–H and O–H groups in total. The fourth-order valence-corrected chi connectivity index (χ4v) is 2.88. The van der Waals surface area contributed by atoms with Crippen LogP contribution in [0, 0.1) is 0 Å². The summed E-state index contributed by atoms with van der Waals surface area (Å²) in [7, 11) is 3.18. The van der Waals surface area contributed by atoms with E-state index < -0.39 is 0 Å². The van der Waals surface area contributed by atoms with Crippen molar-refractivity contribution < 1.29 is 23.7 Å². The summed E-state index contributed by atoms with van der Waals surface area (Å²) in [4.78, 5) is 12.4. The Morgan fingerprint density at radius 2 is 1.77 bits per heavy atom. The summed E-state index contributed by atoms with van der Waals surface area (Å²) >= 11 is 0. The second-order valence-electron chi connectivity index (χ2n) is 6.06. The van der Waals surface area contributed by atoms with Gasteiger partial charge in [0.1, 0.15) is 13.2 Å². The van der Waals surface area contributed by atoms with Gasteiger partial charge in [-0.3, -0.25) is 4.79 Å². The maximum Gasteiger partial charge on any atom is 0.224 e. The molecule has 1 aliphatic rings. The number of hydrogen-bond acceptors (Lipinski definition) is 5. The van der Waals surface area contributed by atoms with Crippen molar-refractivity contribution in [2.24, 2.45) is 0 Å². The number of amides is 1. The molecule has 1 aliphatic heterocycles. The SMILES string of the molecule is COc1ccc([C@H](C)NC(=O)Cc2ccc3c(c2)OCCO3)cc1OC. The molecule has 6 heteroatoms. The van der Waals surface area contributed by atoms with Crippen LogP contribution in [0.5, 0.6) is 23.0 Å². The largest absolute Gasteiger partial charge is 0.493 e. The summed E-state index contributed by atoms with van der Waals surface area (Å²) in [6, 6.07) is 11.0. The van der Waals surface area contributed by atoms with Crippen LogP contribution in [0.1, 0.15) is 24.1 Å². The lowest BCUT2D eigenvalue weighted by molar-refractivity contribution is -0.121. The van der Waals surface area contributed by atoms with Crippen LogP contribution < -0.4 is 24.3 Å². The van der Waals surface area contributed by atoms with E-state index in [1.54, 1.807) is 14.2 Å². The summed E-state index contributed by atoms with van der Waals surface area (Å²) in [5.74, 6) is 2.64. The van der Waals surface area contributed by atoms with Crippen molar-refractivity contribution in [1.29, 1.82) is 0 Å². The van der Waals surface area contributed by atoms with Gasteiger partial charge in [-0.05, 0) is 42.3 Å². The fraction of sp³-hybridized carbons (Fsp3) is 0.350. The first-order chi connectivity index (χ1) is 12.6. The van der Waals surface area contributed by atoms with E-state index in [1.165, 1.54) is 0 Å². The Hall–Kier alpha value is -2.89. The van der Waals surface area contributed by atoms with Gasteiger partial charge in [0.2, 0.25) is 5.91 Å². The molecule has 0 aliphatic carbocycles. The monoisotopic (exact) mass is 357 g/mol. The summed E-state index contributed by atoms with van der Waals surface area (Å²) < 4.78 is 21.6. The van der Waals surface area contributed by atoms with Gasteiger partial charge < -0.3 is 24.3 Å². The lowest BCUT2D eigenvalue weighted by atomic mass is 10.1. The van der Waals surface area contributed by atoms with Gasteiger partial charge in [0.05, 0.1) is 26.7 Å². The van der Waals surface area contributed by atoms with E-state index in [4.69, 9.17) is 18.9 Å². The summed E-state index contributed by atoms with van der Waals surface area (Å²) in [6.45, 7) is 3.01. The zero-order valence-electron chi connectivity index (χ0n) is 15.2. The number of methoxy groups -OCH3 is 2. The van der Waals surface area contributed by atoms with Crippen LogP contribution in [0.25, 0.3) is 0 Å². The Kier molecular flexibility index (Phi) is 5.51. The molecule has 2 aromatic carbocycles. The van der Waals surface area contributed by atoms with E-state index in [1.807, 2.05) is 43.3 Å². The van der Waals surface area contributed by atoms with Crippen LogP contribution in [-0.4, -0.2) is 33.3 Å². The first kappa shape index (κ1) is 17.9. The number of nitrogens with one attached hydrogen (secondary N) is 1. The predicted octanol–water partition coefficient (Wildman–Crippen LogP) is 2.89. The molecule has 6 nitrogen and oxygen atoms in total. The lowest BCUT2D eigenvalue weighted by Gasteiger charge is -2.19. The molecule has 0 spiro atoms. The number of fused-ring (bicyclic) bond motifs is 1. The van der Waals surface area contributed by atoms with Crippen LogP contribution in [0.2, 0.25) is 0 Å². The van der Waals surface area contributed by atoms with Crippen LogP contribution in [0.15, 0.2) is 36.4 Å². The van der Waals surface area contributed by atoms with E-state index in [0.29, 0.717) is 30.5 Å². The fourth-order valence-electron chi connectivity index (χ4n) is 2.88. The van der Waals surface area contributed by atoms with Gasteiger partial charge in [-0.15, -0.1) is 0 Å². The highest BCUT2D eigenvalue weighted by molar-refractivity contribution is 5.79. The Labute approximate surface area is 153 Å². The topological polar surface area (TPSA) is 66.0 Å². The van der Waals surface area contributed by atoms with Gasteiger partial charge in [0.15, 0.2) is 23.0 Å². The molecule has 0 bridgehead atoms. The van der Waals surface area contributed by atoms with Gasteiger partial charge in [0.25, 0.3) is 0 Å². The van der Waals surface area contributed by atoms with Crippen LogP contribution >= 0.6 is 0 Å². The molecule has 2 aromatic rings. The number of carbonyl (C=O) groups is 1. The third kappa shape index (κ3) is 4.02. The van der Waals surface area contributed by atoms with Crippen molar-refractivity contribution in [3.8, 4) is 23.0 Å². The van der Waals surface area contributed by atoms with Crippen molar-refractivity contribution >= 4 is 5.91 Å². The zero-order valence-corrected chi connectivity index (χ0v) is 15.2. The highest BCUT2D eigenvalue weighted by Crippen LogP contribution is 2.31. The maximum absolute atomic E-state index is 12.4. The molecule has 0 radical (unpaired) electrons. The van der Waals surface area contributed by atoms with Crippen molar-refractivity contribution in [2.75, 3.05) is 27.4 Å². The molecule has 1 atom stereocenters. The van der Waals surface area contributed by atoms with Crippen molar-refractivity contribution in [2.45, 2.75) is 19.4 Å². The number of hydrogen-bond donors (Lipinski definition) is 1. The van der Waals surface area contributed by atoms with Gasteiger partial charge in [-0.25, -0.2) is 0 Å². The maximum atomic E-state index is 12.4. The Morgan fingerprint density at radius 3 is 2.50 bits per heavy atom. The first-order valence-electron chi connectivity index (χ1n) is 8.50. The van der Waals surface area contributed by atoms with E-state index in [-0.39, 0.29) is 18.4 Å².